The molecule has 3 aliphatic rings. The van der Waals surface area contributed by atoms with Crippen LogP contribution >= 0.6 is 11.6 Å². The van der Waals surface area contributed by atoms with E-state index < -0.39 is 0 Å². The van der Waals surface area contributed by atoms with E-state index in [1.165, 1.54) is 40.7 Å². The molecule has 0 amide bonds. The van der Waals surface area contributed by atoms with Crippen LogP contribution in [0.4, 0.5) is 0 Å². The second kappa shape index (κ2) is 12.3. The fourth-order valence-corrected chi connectivity index (χ4v) is 5.85. The van der Waals surface area contributed by atoms with Crippen molar-refractivity contribution in [1.29, 1.82) is 0 Å². The lowest BCUT2D eigenvalue weighted by Gasteiger charge is -2.30. The monoisotopic (exact) mass is 499 g/mol. The van der Waals surface area contributed by atoms with E-state index in [2.05, 4.69) is 93.3 Å². The summed E-state index contributed by atoms with van der Waals surface area (Å²) in [5, 5.41) is 0. The van der Waals surface area contributed by atoms with E-state index in [0.29, 0.717) is 11.3 Å². The molecule has 1 saturated carbocycles. The number of hydrogen-bond acceptors (Lipinski definition) is 1. The molecule has 1 aromatic carbocycles. The van der Waals surface area contributed by atoms with Gasteiger partial charge in [0, 0.05) is 5.92 Å². The molecule has 1 fully saturated rings. The Hall–Kier alpha value is -2.35. The standard InChI is InChI=1S/C34H42ClN/c1-4-27(22-25(2)28-14-7-5-6-8-15-28)33(34(3)20-21-34)31-18-11-17-30(24-31)29-16-9-12-26(23-29)13-10-19-32(35)36/h5,7-9,11-12,14-18,23,31-32H,2,4,6,10,13,19-22,24,36H2,1,3H3. The fraction of sp³-hybridized carbons (Fsp3) is 0.412. The molecular weight excluding hydrogens is 458 g/mol. The van der Waals surface area contributed by atoms with E-state index in [9.17, 15) is 0 Å². The Kier molecular flexibility index (Phi) is 9.09. The molecule has 0 spiro atoms. The van der Waals surface area contributed by atoms with Crippen LogP contribution in [0.2, 0.25) is 0 Å². The zero-order valence-corrected chi connectivity index (χ0v) is 22.9. The number of rotatable bonds is 11. The summed E-state index contributed by atoms with van der Waals surface area (Å²) in [6.07, 6.45) is 27.7. The fourth-order valence-electron chi connectivity index (χ4n) is 5.70. The Morgan fingerprint density at radius 2 is 2.03 bits per heavy atom. The van der Waals surface area contributed by atoms with Gasteiger partial charge in [-0.25, -0.2) is 0 Å². The topological polar surface area (TPSA) is 26.0 Å². The average molecular weight is 500 g/mol. The summed E-state index contributed by atoms with van der Waals surface area (Å²) in [4.78, 5) is 0. The molecule has 36 heavy (non-hydrogen) atoms. The molecule has 3 aliphatic carbocycles. The largest absolute Gasteiger partial charge is 0.315 e. The van der Waals surface area contributed by atoms with Crippen molar-refractivity contribution in [2.75, 3.05) is 0 Å². The molecule has 1 aromatic rings. The number of nitrogens with two attached hydrogens (primary N) is 1. The molecule has 0 radical (unpaired) electrons. The minimum atomic E-state index is -0.246. The normalized spacial score (nSPS) is 21.8. The van der Waals surface area contributed by atoms with Crippen LogP contribution in [-0.4, -0.2) is 5.50 Å². The van der Waals surface area contributed by atoms with Crippen LogP contribution in [0.25, 0.3) is 5.57 Å². The van der Waals surface area contributed by atoms with E-state index in [1.54, 1.807) is 11.1 Å². The first-order chi connectivity index (χ1) is 17.4. The maximum Gasteiger partial charge on any atom is 0.0800 e. The summed E-state index contributed by atoms with van der Waals surface area (Å²) in [6, 6.07) is 9.05. The summed E-state index contributed by atoms with van der Waals surface area (Å²) < 4.78 is 0. The van der Waals surface area contributed by atoms with Crippen LogP contribution in [-0.2, 0) is 6.42 Å². The van der Waals surface area contributed by atoms with Crippen LogP contribution in [0, 0.1) is 11.3 Å². The molecule has 0 heterocycles. The van der Waals surface area contributed by atoms with Gasteiger partial charge >= 0.3 is 0 Å². The molecule has 1 nitrogen and oxygen atoms in total. The highest BCUT2D eigenvalue weighted by molar-refractivity contribution is 6.20. The van der Waals surface area contributed by atoms with E-state index >= 15 is 0 Å². The number of alkyl halides is 1. The van der Waals surface area contributed by atoms with Gasteiger partial charge in [0.15, 0.2) is 0 Å². The van der Waals surface area contributed by atoms with Crippen molar-refractivity contribution >= 4 is 17.2 Å². The highest BCUT2D eigenvalue weighted by atomic mass is 35.5. The van der Waals surface area contributed by atoms with Crippen LogP contribution in [0.5, 0.6) is 0 Å². The molecule has 0 bridgehead atoms. The van der Waals surface area contributed by atoms with Gasteiger partial charge in [0.05, 0.1) is 5.50 Å². The number of allylic oxidation sites excluding steroid dienone is 13. The van der Waals surface area contributed by atoms with Crippen LogP contribution in [0.1, 0.15) is 76.3 Å². The predicted molar refractivity (Wildman–Crippen MR) is 158 cm³/mol. The first-order valence-electron chi connectivity index (χ1n) is 13.7. The lowest BCUT2D eigenvalue weighted by Crippen LogP contribution is -2.16. The van der Waals surface area contributed by atoms with E-state index in [1.807, 2.05) is 0 Å². The summed E-state index contributed by atoms with van der Waals surface area (Å²) in [7, 11) is 0. The Morgan fingerprint density at radius 3 is 2.78 bits per heavy atom. The third kappa shape index (κ3) is 6.90. The Bertz CT molecular complexity index is 1130. The van der Waals surface area contributed by atoms with Crippen molar-refractivity contribution in [3.63, 3.8) is 0 Å². The van der Waals surface area contributed by atoms with Gasteiger partial charge in [-0.15, -0.1) is 11.6 Å². The first-order valence-corrected chi connectivity index (χ1v) is 14.1. The van der Waals surface area contributed by atoms with E-state index in [0.717, 1.165) is 44.9 Å². The maximum atomic E-state index is 5.95. The molecule has 2 atom stereocenters. The first kappa shape index (κ1) is 26.7. The summed E-state index contributed by atoms with van der Waals surface area (Å²) in [5.41, 5.74) is 15.7. The highest BCUT2D eigenvalue weighted by Gasteiger charge is 2.44. The van der Waals surface area contributed by atoms with Crippen LogP contribution in [0.15, 0.2) is 102 Å². The van der Waals surface area contributed by atoms with Crippen molar-refractivity contribution in [3.05, 3.63) is 113 Å². The minimum Gasteiger partial charge on any atom is -0.315 e. The lowest BCUT2D eigenvalue weighted by molar-refractivity contribution is 0.567. The van der Waals surface area contributed by atoms with Crippen LogP contribution < -0.4 is 5.73 Å². The molecule has 2 heteroatoms. The second-order valence-corrected chi connectivity index (χ2v) is 11.5. The Balaban J connectivity index is 1.55. The third-order valence-electron chi connectivity index (χ3n) is 7.97. The Labute approximate surface area is 223 Å². The number of aryl methyl sites for hydroxylation is 1. The lowest BCUT2D eigenvalue weighted by atomic mass is 9.75. The minimum absolute atomic E-state index is 0.246. The number of benzene rings is 1. The van der Waals surface area contributed by atoms with Gasteiger partial charge in [0.1, 0.15) is 0 Å². The molecule has 0 aliphatic heterocycles. The molecule has 0 saturated heterocycles. The van der Waals surface area contributed by atoms with E-state index in [4.69, 9.17) is 17.3 Å². The van der Waals surface area contributed by atoms with Gasteiger partial charge in [-0.2, -0.15) is 0 Å². The molecule has 4 rings (SSSR count). The molecular formula is C34H42ClN. The van der Waals surface area contributed by atoms with Gasteiger partial charge in [0.2, 0.25) is 0 Å². The van der Waals surface area contributed by atoms with Gasteiger partial charge < -0.3 is 5.73 Å². The van der Waals surface area contributed by atoms with Gasteiger partial charge in [-0.3, -0.25) is 0 Å². The molecule has 2 unspecified atom stereocenters. The van der Waals surface area contributed by atoms with Crippen molar-refractivity contribution in [3.8, 4) is 0 Å². The maximum absolute atomic E-state index is 5.95. The zero-order chi connectivity index (χ0) is 25.5. The zero-order valence-electron chi connectivity index (χ0n) is 22.1. The van der Waals surface area contributed by atoms with Crippen molar-refractivity contribution in [2.45, 2.75) is 77.1 Å². The van der Waals surface area contributed by atoms with Crippen molar-refractivity contribution in [2.24, 2.45) is 17.1 Å². The van der Waals surface area contributed by atoms with Crippen molar-refractivity contribution in [1.82, 2.24) is 0 Å². The summed E-state index contributed by atoms with van der Waals surface area (Å²) in [6.45, 7) is 9.31. The Morgan fingerprint density at radius 1 is 1.19 bits per heavy atom. The quantitative estimate of drug-likeness (QED) is 0.183. The second-order valence-electron chi connectivity index (χ2n) is 10.9. The van der Waals surface area contributed by atoms with Crippen LogP contribution in [0.3, 0.4) is 0 Å². The SMILES string of the molecule is C=C(CC(CC)=C(C1C=CC=C(c2cccc(CCCC(N)Cl)c2)C1)C1(C)CC1)C1=CC=CCC=C1. The molecule has 2 N–H and O–H groups in total. The van der Waals surface area contributed by atoms with Gasteiger partial charge in [-0.1, -0.05) is 104 Å². The summed E-state index contributed by atoms with van der Waals surface area (Å²) >= 11 is 5.95. The summed E-state index contributed by atoms with van der Waals surface area (Å²) in [5.74, 6) is 0.455. The number of halogens is 1. The highest BCUT2D eigenvalue weighted by Crippen LogP contribution is 2.57. The molecule has 190 valence electrons. The molecule has 0 aromatic heterocycles. The van der Waals surface area contributed by atoms with Gasteiger partial charge in [-0.05, 0) is 91.0 Å². The third-order valence-corrected chi connectivity index (χ3v) is 8.19. The number of hydrogen-bond donors (Lipinski definition) is 1. The van der Waals surface area contributed by atoms with E-state index in [-0.39, 0.29) is 5.50 Å². The predicted octanol–water partition coefficient (Wildman–Crippen LogP) is 9.39. The van der Waals surface area contributed by atoms with Gasteiger partial charge in [0.25, 0.3) is 0 Å². The average Bonchev–Trinajstić information content (AvgIpc) is 3.67. The smallest absolute Gasteiger partial charge is 0.0800 e. The van der Waals surface area contributed by atoms with Crippen molar-refractivity contribution < 1.29 is 0 Å².